The number of nitrogens with zero attached hydrogens (tertiary/aromatic N) is 2. The Morgan fingerprint density at radius 2 is 1.88 bits per heavy atom. The molecule has 3 heteroatoms. The number of benzene rings is 1. The molecule has 0 aliphatic heterocycles. The Bertz CT molecular complexity index is 526. The number of aromatic nitrogens is 2. The molecule has 1 aromatic carbocycles. The molecule has 0 fully saturated rings. The van der Waals surface area contributed by atoms with Crippen LogP contribution in [0.4, 0.5) is 5.95 Å². The lowest BCUT2D eigenvalue weighted by Gasteiger charge is -2.06. The van der Waals surface area contributed by atoms with E-state index in [0.717, 1.165) is 12.1 Å². The lowest BCUT2D eigenvalue weighted by molar-refractivity contribution is 0.619. The van der Waals surface area contributed by atoms with E-state index in [4.69, 9.17) is 5.73 Å². The fourth-order valence-corrected chi connectivity index (χ4v) is 2.15. The Morgan fingerprint density at radius 3 is 2.59 bits per heavy atom. The standard InChI is InChI=1S/C14H21N3/c1-4-5-6-7-17-13-9-11(3)10(2)8-12(13)16-14(17)15/h8-9H,4-7H2,1-3H3,(H2,15,16). The summed E-state index contributed by atoms with van der Waals surface area (Å²) in [7, 11) is 0. The summed E-state index contributed by atoms with van der Waals surface area (Å²) >= 11 is 0. The second kappa shape index (κ2) is 4.78. The van der Waals surface area contributed by atoms with Gasteiger partial charge in [-0.25, -0.2) is 4.98 Å². The average molecular weight is 231 g/mol. The number of rotatable bonds is 4. The highest BCUT2D eigenvalue weighted by atomic mass is 15.1. The highest BCUT2D eigenvalue weighted by Gasteiger charge is 2.08. The Hall–Kier alpha value is -1.51. The van der Waals surface area contributed by atoms with E-state index in [1.807, 2.05) is 0 Å². The molecule has 0 aliphatic carbocycles. The van der Waals surface area contributed by atoms with Gasteiger partial charge in [0, 0.05) is 6.54 Å². The first-order valence-corrected chi connectivity index (χ1v) is 6.36. The normalized spacial score (nSPS) is 11.2. The maximum atomic E-state index is 5.99. The van der Waals surface area contributed by atoms with Crippen molar-refractivity contribution in [2.45, 2.75) is 46.6 Å². The summed E-state index contributed by atoms with van der Waals surface area (Å²) in [5, 5.41) is 0. The molecule has 0 aliphatic rings. The van der Waals surface area contributed by atoms with Crippen LogP contribution in [0.25, 0.3) is 11.0 Å². The van der Waals surface area contributed by atoms with Crippen LogP contribution in [-0.2, 0) is 6.54 Å². The quantitative estimate of drug-likeness (QED) is 0.819. The highest BCUT2D eigenvalue weighted by Crippen LogP contribution is 2.22. The van der Waals surface area contributed by atoms with E-state index in [-0.39, 0.29) is 0 Å². The predicted octanol–water partition coefficient (Wildman–Crippen LogP) is 3.43. The van der Waals surface area contributed by atoms with E-state index in [9.17, 15) is 0 Å². The van der Waals surface area contributed by atoms with Gasteiger partial charge < -0.3 is 10.3 Å². The van der Waals surface area contributed by atoms with Crippen molar-refractivity contribution >= 4 is 17.0 Å². The van der Waals surface area contributed by atoms with Crippen molar-refractivity contribution in [2.75, 3.05) is 5.73 Å². The van der Waals surface area contributed by atoms with Crippen LogP contribution in [0, 0.1) is 13.8 Å². The molecular weight excluding hydrogens is 210 g/mol. The largest absolute Gasteiger partial charge is 0.369 e. The van der Waals surface area contributed by atoms with Gasteiger partial charge in [-0.15, -0.1) is 0 Å². The molecule has 0 saturated heterocycles. The van der Waals surface area contributed by atoms with Gasteiger partial charge in [0.15, 0.2) is 0 Å². The molecule has 2 rings (SSSR count). The van der Waals surface area contributed by atoms with Crippen molar-refractivity contribution in [3.05, 3.63) is 23.3 Å². The molecule has 0 radical (unpaired) electrons. The molecule has 92 valence electrons. The van der Waals surface area contributed by atoms with Crippen molar-refractivity contribution in [3.8, 4) is 0 Å². The number of imidazole rings is 1. The number of nitrogens with two attached hydrogens (primary N) is 1. The van der Waals surface area contributed by atoms with Gasteiger partial charge in [0.1, 0.15) is 0 Å². The summed E-state index contributed by atoms with van der Waals surface area (Å²) in [5.74, 6) is 0.640. The van der Waals surface area contributed by atoms with E-state index in [0.29, 0.717) is 5.95 Å². The third kappa shape index (κ3) is 2.28. The summed E-state index contributed by atoms with van der Waals surface area (Å²) in [4.78, 5) is 4.43. The van der Waals surface area contributed by atoms with E-state index < -0.39 is 0 Å². The summed E-state index contributed by atoms with van der Waals surface area (Å²) in [6, 6.07) is 4.32. The van der Waals surface area contributed by atoms with Gasteiger partial charge in [0.05, 0.1) is 11.0 Å². The number of hydrogen-bond acceptors (Lipinski definition) is 2. The van der Waals surface area contributed by atoms with Gasteiger partial charge in [-0.05, 0) is 43.5 Å². The van der Waals surface area contributed by atoms with Crippen molar-refractivity contribution in [1.82, 2.24) is 9.55 Å². The second-order valence-corrected chi connectivity index (χ2v) is 4.75. The zero-order valence-electron chi connectivity index (χ0n) is 11.0. The molecule has 0 spiro atoms. The Morgan fingerprint density at radius 1 is 1.18 bits per heavy atom. The molecule has 1 heterocycles. The van der Waals surface area contributed by atoms with Crippen molar-refractivity contribution in [2.24, 2.45) is 0 Å². The molecule has 3 nitrogen and oxygen atoms in total. The van der Waals surface area contributed by atoms with Crippen molar-refractivity contribution in [3.63, 3.8) is 0 Å². The lowest BCUT2D eigenvalue weighted by atomic mass is 10.1. The van der Waals surface area contributed by atoms with Gasteiger partial charge in [-0.2, -0.15) is 0 Å². The predicted molar refractivity (Wildman–Crippen MR) is 73.1 cm³/mol. The zero-order valence-corrected chi connectivity index (χ0v) is 11.0. The third-order valence-electron chi connectivity index (χ3n) is 3.38. The molecule has 2 N–H and O–H groups in total. The van der Waals surface area contributed by atoms with Crippen LogP contribution in [0.2, 0.25) is 0 Å². The number of nitrogen functional groups attached to an aromatic ring is 1. The SMILES string of the molecule is CCCCCn1c(N)nc2cc(C)c(C)cc21. The fraction of sp³-hybridized carbons (Fsp3) is 0.500. The summed E-state index contributed by atoms with van der Waals surface area (Å²) < 4.78 is 2.14. The first-order chi connectivity index (χ1) is 8.13. The van der Waals surface area contributed by atoms with Gasteiger partial charge in [-0.1, -0.05) is 19.8 Å². The van der Waals surface area contributed by atoms with Crippen LogP contribution in [0.1, 0.15) is 37.3 Å². The monoisotopic (exact) mass is 231 g/mol. The summed E-state index contributed by atoms with van der Waals surface area (Å²) in [6.45, 7) is 7.43. The Labute approximate surface area is 103 Å². The average Bonchev–Trinajstić information content (AvgIpc) is 2.57. The van der Waals surface area contributed by atoms with Gasteiger partial charge in [0.25, 0.3) is 0 Å². The number of unbranched alkanes of at least 4 members (excludes halogenated alkanes) is 2. The van der Waals surface area contributed by atoms with Crippen LogP contribution in [0.15, 0.2) is 12.1 Å². The second-order valence-electron chi connectivity index (χ2n) is 4.75. The zero-order chi connectivity index (χ0) is 12.4. The Kier molecular flexibility index (Phi) is 3.36. The number of aryl methyl sites for hydroxylation is 3. The molecular formula is C14H21N3. The van der Waals surface area contributed by atoms with E-state index in [1.54, 1.807) is 0 Å². The van der Waals surface area contributed by atoms with Crippen LogP contribution < -0.4 is 5.73 Å². The highest BCUT2D eigenvalue weighted by molar-refractivity contribution is 5.80. The van der Waals surface area contributed by atoms with Gasteiger partial charge in [0.2, 0.25) is 5.95 Å². The summed E-state index contributed by atoms with van der Waals surface area (Å²) in [6.07, 6.45) is 3.63. The lowest BCUT2D eigenvalue weighted by Crippen LogP contribution is -2.03. The number of hydrogen-bond donors (Lipinski definition) is 1. The molecule has 0 saturated carbocycles. The van der Waals surface area contributed by atoms with Crippen LogP contribution in [-0.4, -0.2) is 9.55 Å². The fourth-order valence-electron chi connectivity index (χ4n) is 2.15. The van der Waals surface area contributed by atoms with Crippen molar-refractivity contribution < 1.29 is 0 Å². The maximum absolute atomic E-state index is 5.99. The minimum atomic E-state index is 0.640. The minimum Gasteiger partial charge on any atom is -0.369 e. The first kappa shape index (κ1) is 12.0. The molecule has 1 aromatic heterocycles. The molecule has 0 atom stereocenters. The van der Waals surface area contributed by atoms with Crippen LogP contribution in [0.5, 0.6) is 0 Å². The smallest absolute Gasteiger partial charge is 0.201 e. The topological polar surface area (TPSA) is 43.8 Å². The van der Waals surface area contributed by atoms with E-state index >= 15 is 0 Å². The van der Waals surface area contributed by atoms with Gasteiger partial charge >= 0.3 is 0 Å². The maximum Gasteiger partial charge on any atom is 0.201 e. The first-order valence-electron chi connectivity index (χ1n) is 6.36. The van der Waals surface area contributed by atoms with Crippen molar-refractivity contribution in [1.29, 1.82) is 0 Å². The van der Waals surface area contributed by atoms with E-state index in [2.05, 4.69) is 42.5 Å². The molecule has 0 amide bonds. The molecule has 0 bridgehead atoms. The molecule has 17 heavy (non-hydrogen) atoms. The Balaban J connectivity index is 2.40. The summed E-state index contributed by atoms with van der Waals surface area (Å²) in [5.41, 5.74) is 10.7. The third-order valence-corrected chi connectivity index (χ3v) is 3.38. The number of anilines is 1. The number of fused-ring (bicyclic) bond motifs is 1. The van der Waals surface area contributed by atoms with Gasteiger partial charge in [-0.3, -0.25) is 0 Å². The van der Waals surface area contributed by atoms with Crippen LogP contribution in [0.3, 0.4) is 0 Å². The molecule has 0 unspecified atom stereocenters. The minimum absolute atomic E-state index is 0.640. The molecule has 2 aromatic rings. The van der Waals surface area contributed by atoms with Crippen LogP contribution >= 0.6 is 0 Å². The van der Waals surface area contributed by atoms with E-state index in [1.165, 1.54) is 35.9 Å².